The lowest BCUT2D eigenvalue weighted by molar-refractivity contribution is 0.206. The van der Waals surface area contributed by atoms with Crippen LogP contribution in [0.3, 0.4) is 0 Å². The number of fused-ring (bicyclic) bond motifs is 5. The average Bonchev–Trinajstić information content (AvgIpc) is 3.68. The first-order valence-corrected chi connectivity index (χ1v) is 13.5. The molecule has 4 aromatic rings. The number of hydrogen-bond acceptors (Lipinski definition) is 5. The van der Waals surface area contributed by atoms with Crippen molar-refractivity contribution in [3.05, 3.63) is 78.2 Å². The van der Waals surface area contributed by atoms with Crippen LogP contribution in [-0.4, -0.2) is 51.5 Å². The smallest absolute Gasteiger partial charge is 0.161 e. The zero-order valence-electron chi connectivity index (χ0n) is 22.0. The largest absolute Gasteiger partial charge is 0.395 e. The van der Waals surface area contributed by atoms with Crippen molar-refractivity contribution in [1.29, 1.82) is 5.26 Å². The van der Waals surface area contributed by atoms with Gasteiger partial charge in [-0.2, -0.15) is 5.26 Å². The highest BCUT2D eigenvalue weighted by Crippen LogP contribution is 2.36. The highest BCUT2D eigenvalue weighted by molar-refractivity contribution is 5.72. The topological polar surface area (TPSA) is 82.0 Å². The molecule has 2 N–H and O–H groups in total. The zero-order chi connectivity index (χ0) is 26.2. The van der Waals surface area contributed by atoms with E-state index in [2.05, 4.69) is 69.7 Å². The molecular weight excluding hydrogens is 472 g/mol. The molecule has 0 aliphatic carbocycles. The molecule has 0 saturated carbocycles. The van der Waals surface area contributed by atoms with Crippen LogP contribution in [0.4, 0.5) is 5.69 Å². The Balaban J connectivity index is 1.26. The van der Waals surface area contributed by atoms with Gasteiger partial charge in [0.2, 0.25) is 0 Å². The predicted octanol–water partition coefficient (Wildman–Crippen LogP) is 4.67. The van der Waals surface area contributed by atoms with Crippen molar-refractivity contribution in [1.82, 2.24) is 19.4 Å². The summed E-state index contributed by atoms with van der Waals surface area (Å²) < 4.78 is 4.48. The monoisotopic (exact) mass is 506 g/mol. The third kappa shape index (κ3) is 4.51. The van der Waals surface area contributed by atoms with Crippen LogP contribution < -0.4 is 10.2 Å². The van der Waals surface area contributed by atoms with Gasteiger partial charge in [-0.3, -0.25) is 4.57 Å². The van der Waals surface area contributed by atoms with Crippen LogP contribution >= 0.6 is 0 Å². The molecule has 2 aromatic carbocycles. The molecule has 2 atom stereocenters. The summed E-state index contributed by atoms with van der Waals surface area (Å²) in [6.07, 6.45) is 7.26. The molecule has 2 aliphatic heterocycles. The molecule has 2 aliphatic rings. The van der Waals surface area contributed by atoms with E-state index in [9.17, 15) is 5.11 Å². The average molecular weight is 507 g/mol. The van der Waals surface area contributed by atoms with Crippen LogP contribution in [-0.2, 0) is 6.54 Å². The third-order valence-corrected chi connectivity index (χ3v) is 8.10. The van der Waals surface area contributed by atoms with Crippen LogP contribution in [0.2, 0.25) is 0 Å². The van der Waals surface area contributed by atoms with Crippen LogP contribution in [0.25, 0.3) is 28.3 Å². The number of aliphatic hydroxyl groups is 1. The SMILES string of the molecule is CC(C)[C@H](CO)NC[C@H]1CCN(c2ccc3c(c2)Cn2cc(-c4ccc(C#N)cc4)cc2-c2nccn2-3)C1. The van der Waals surface area contributed by atoms with Crippen LogP contribution in [0.1, 0.15) is 31.4 Å². The molecule has 194 valence electrons. The number of rotatable bonds is 7. The lowest BCUT2D eigenvalue weighted by Crippen LogP contribution is -2.40. The van der Waals surface area contributed by atoms with E-state index < -0.39 is 0 Å². The number of nitriles is 1. The van der Waals surface area contributed by atoms with Gasteiger partial charge in [0.25, 0.3) is 0 Å². The van der Waals surface area contributed by atoms with Gasteiger partial charge in [0, 0.05) is 62.1 Å². The Morgan fingerprint density at radius 2 is 1.97 bits per heavy atom. The first-order chi connectivity index (χ1) is 18.5. The van der Waals surface area contributed by atoms with Gasteiger partial charge >= 0.3 is 0 Å². The Hall–Kier alpha value is -3.86. The van der Waals surface area contributed by atoms with Gasteiger partial charge in [-0.25, -0.2) is 4.98 Å². The zero-order valence-corrected chi connectivity index (χ0v) is 22.0. The normalized spacial score (nSPS) is 17.0. The van der Waals surface area contributed by atoms with Crippen LogP contribution in [0.5, 0.6) is 0 Å². The summed E-state index contributed by atoms with van der Waals surface area (Å²) in [5.74, 6) is 1.94. The molecule has 0 unspecified atom stereocenters. The molecule has 1 fully saturated rings. The Labute approximate surface area is 224 Å². The number of anilines is 1. The standard InChI is InChI=1S/C31H34N6O/c1-21(2)28(20-38)34-16-23-9-11-35(17-23)27-7-8-29-26(13-27)19-36-18-25(24-5-3-22(15-32)4-6-24)14-30(36)31-33-10-12-37(29)31/h3-8,10,12-14,18,21,23,28,34,38H,9,11,16-17,19-20H2,1-2H3/t23-,28+/m1/s1. The molecule has 0 bridgehead atoms. The fourth-order valence-electron chi connectivity index (χ4n) is 5.79. The van der Waals surface area contributed by atoms with Gasteiger partial charge in [-0.15, -0.1) is 0 Å². The molecule has 0 spiro atoms. The first-order valence-electron chi connectivity index (χ1n) is 13.5. The van der Waals surface area contributed by atoms with Gasteiger partial charge in [0.15, 0.2) is 5.82 Å². The van der Waals surface area contributed by atoms with E-state index in [0.717, 1.165) is 55.2 Å². The van der Waals surface area contributed by atoms with E-state index >= 15 is 0 Å². The predicted molar refractivity (Wildman–Crippen MR) is 150 cm³/mol. The quantitative estimate of drug-likeness (QED) is 0.335. The maximum Gasteiger partial charge on any atom is 0.161 e. The number of nitrogens with one attached hydrogen (secondary N) is 1. The second-order valence-electron chi connectivity index (χ2n) is 10.9. The maximum absolute atomic E-state index is 9.65. The van der Waals surface area contributed by atoms with Crippen molar-refractivity contribution in [2.75, 3.05) is 31.1 Å². The van der Waals surface area contributed by atoms with Gasteiger partial charge in [0.05, 0.1) is 29.6 Å². The van der Waals surface area contributed by atoms with Crippen molar-refractivity contribution in [2.45, 2.75) is 32.9 Å². The third-order valence-electron chi connectivity index (χ3n) is 8.10. The Morgan fingerprint density at radius 1 is 1.13 bits per heavy atom. The Kier molecular flexibility index (Phi) is 6.52. The summed E-state index contributed by atoms with van der Waals surface area (Å²) in [5, 5.41) is 22.4. The van der Waals surface area contributed by atoms with Gasteiger partial charge < -0.3 is 19.9 Å². The molecule has 2 aromatic heterocycles. The second-order valence-corrected chi connectivity index (χ2v) is 10.9. The van der Waals surface area contributed by atoms with E-state index in [1.165, 1.54) is 16.9 Å². The number of hydrogen-bond donors (Lipinski definition) is 2. The molecule has 7 nitrogen and oxygen atoms in total. The second kappa shape index (κ2) is 10.1. The lowest BCUT2D eigenvalue weighted by atomic mass is 10.0. The number of aliphatic hydroxyl groups excluding tert-OH is 1. The fraction of sp³-hybridized carbons (Fsp3) is 0.355. The molecule has 0 radical (unpaired) electrons. The van der Waals surface area contributed by atoms with Gasteiger partial charge in [-0.05, 0) is 65.8 Å². The number of aromatic nitrogens is 3. The minimum Gasteiger partial charge on any atom is -0.395 e. The molecular formula is C31H34N6O. The fourth-order valence-corrected chi connectivity index (χ4v) is 5.79. The van der Waals surface area contributed by atoms with Gasteiger partial charge in [-0.1, -0.05) is 26.0 Å². The number of benzene rings is 2. The van der Waals surface area contributed by atoms with E-state index in [4.69, 9.17) is 10.2 Å². The first kappa shape index (κ1) is 24.5. The van der Waals surface area contributed by atoms with Crippen molar-refractivity contribution >= 4 is 5.69 Å². The van der Waals surface area contributed by atoms with Gasteiger partial charge in [0.1, 0.15) is 0 Å². The van der Waals surface area contributed by atoms with E-state index in [-0.39, 0.29) is 12.6 Å². The van der Waals surface area contributed by atoms with Crippen molar-refractivity contribution in [3.8, 4) is 34.4 Å². The van der Waals surface area contributed by atoms with E-state index in [1.54, 1.807) is 0 Å². The number of imidazole rings is 1. The highest BCUT2D eigenvalue weighted by atomic mass is 16.3. The number of nitrogens with zero attached hydrogens (tertiary/aromatic N) is 5. The molecule has 4 heterocycles. The maximum atomic E-state index is 9.65. The summed E-state index contributed by atoms with van der Waals surface area (Å²) >= 11 is 0. The van der Waals surface area contributed by atoms with E-state index in [1.807, 2.05) is 36.7 Å². The van der Waals surface area contributed by atoms with Crippen LogP contribution in [0, 0.1) is 23.2 Å². The van der Waals surface area contributed by atoms with E-state index in [0.29, 0.717) is 17.4 Å². The molecule has 38 heavy (non-hydrogen) atoms. The summed E-state index contributed by atoms with van der Waals surface area (Å²) in [5.41, 5.74) is 7.67. The summed E-state index contributed by atoms with van der Waals surface area (Å²) in [4.78, 5) is 7.21. The van der Waals surface area contributed by atoms with Crippen molar-refractivity contribution in [3.63, 3.8) is 0 Å². The Bertz CT molecular complexity index is 1480. The highest BCUT2D eigenvalue weighted by Gasteiger charge is 2.26. The minimum atomic E-state index is 0.158. The van der Waals surface area contributed by atoms with Crippen LogP contribution in [0.15, 0.2) is 67.1 Å². The lowest BCUT2D eigenvalue weighted by Gasteiger charge is -2.23. The van der Waals surface area contributed by atoms with Crippen molar-refractivity contribution < 1.29 is 5.11 Å². The summed E-state index contributed by atoms with van der Waals surface area (Å²) in [7, 11) is 0. The Morgan fingerprint density at radius 3 is 2.74 bits per heavy atom. The molecule has 0 amide bonds. The summed E-state index contributed by atoms with van der Waals surface area (Å²) in [6, 6.07) is 19.1. The molecule has 1 saturated heterocycles. The van der Waals surface area contributed by atoms with Crippen molar-refractivity contribution in [2.24, 2.45) is 11.8 Å². The summed E-state index contributed by atoms with van der Waals surface area (Å²) in [6.45, 7) is 8.26. The molecule has 6 rings (SSSR count). The minimum absolute atomic E-state index is 0.158. The molecule has 7 heteroatoms.